The van der Waals surface area contributed by atoms with Crippen LogP contribution in [0.5, 0.6) is 17.2 Å². The molecule has 0 fully saturated rings. The van der Waals surface area contributed by atoms with Crippen molar-refractivity contribution in [2.45, 2.75) is 19.9 Å². The smallest absolute Gasteiger partial charge is 0.269 e. The van der Waals surface area contributed by atoms with Crippen molar-refractivity contribution in [2.24, 2.45) is 4.99 Å². The van der Waals surface area contributed by atoms with Crippen LogP contribution in [0.3, 0.4) is 0 Å². The van der Waals surface area contributed by atoms with Crippen LogP contribution in [0, 0.1) is 10.1 Å². The SMILES string of the molecule is CCCOc1ccc(C=NCc2cc([N+](=O)[O-])ccc2[O-])c(O)c1. The number of rotatable bonds is 7. The Balaban J connectivity index is 2.09. The molecule has 1 N–H and O–H groups in total. The van der Waals surface area contributed by atoms with Gasteiger partial charge in [0.2, 0.25) is 0 Å². The first-order valence-electron chi connectivity index (χ1n) is 7.41. The number of hydrogen-bond donors (Lipinski definition) is 1. The van der Waals surface area contributed by atoms with Crippen LogP contribution in [-0.4, -0.2) is 22.9 Å². The molecule has 0 aliphatic carbocycles. The number of phenolic OH excluding ortho intramolecular Hbond substituents is 1. The Bertz CT molecular complexity index is 759. The number of non-ortho nitro benzene ring substituents is 1. The van der Waals surface area contributed by atoms with E-state index in [2.05, 4.69) is 4.99 Å². The lowest BCUT2D eigenvalue weighted by Gasteiger charge is -2.10. The first kappa shape index (κ1) is 17.3. The number of benzene rings is 2. The van der Waals surface area contributed by atoms with E-state index in [4.69, 9.17) is 4.74 Å². The summed E-state index contributed by atoms with van der Waals surface area (Å²) in [6.07, 6.45) is 2.28. The van der Waals surface area contributed by atoms with Crippen molar-refractivity contribution in [2.75, 3.05) is 6.61 Å². The molecule has 0 atom stereocenters. The van der Waals surface area contributed by atoms with Crippen molar-refractivity contribution in [3.05, 3.63) is 57.6 Å². The van der Waals surface area contributed by atoms with Gasteiger partial charge in [0.05, 0.1) is 18.1 Å². The molecular weight excluding hydrogens is 312 g/mol. The van der Waals surface area contributed by atoms with Crippen LogP contribution in [-0.2, 0) is 6.54 Å². The standard InChI is InChI=1S/C17H18N2O5/c1-2-7-24-15-5-3-12(17(21)9-15)10-18-11-13-8-14(19(22)23)4-6-16(13)20/h3-6,8-10,20-21H,2,7,11H2,1H3/p-1. The van der Waals surface area contributed by atoms with Gasteiger partial charge in [-0.2, -0.15) is 0 Å². The Kier molecular flexibility index (Phi) is 5.73. The van der Waals surface area contributed by atoms with Gasteiger partial charge in [-0.1, -0.05) is 13.0 Å². The van der Waals surface area contributed by atoms with Gasteiger partial charge in [0.15, 0.2) is 0 Å². The highest BCUT2D eigenvalue weighted by atomic mass is 16.6. The molecule has 7 heteroatoms. The Labute approximate surface area is 139 Å². The monoisotopic (exact) mass is 329 g/mol. The fraction of sp³-hybridized carbons (Fsp3) is 0.235. The molecule has 0 aromatic heterocycles. The molecule has 2 aromatic carbocycles. The van der Waals surface area contributed by atoms with E-state index in [-0.39, 0.29) is 29.3 Å². The second kappa shape index (κ2) is 7.96. The average molecular weight is 329 g/mol. The average Bonchev–Trinajstić information content (AvgIpc) is 2.56. The molecule has 0 radical (unpaired) electrons. The van der Waals surface area contributed by atoms with Crippen LogP contribution in [0.15, 0.2) is 41.4 Å². The highest BCUT2D eigenvalue weighted by molar-refractivity contribution is 5.83. The third-order valence-corrected chi connectivity index (χ3v) is 3.22. The number of ether oxygens (including phenoxy) is 1. The summed E-state index contributed by atoms with van der Waals surface area (Å²) in [7, 11) is 0. The molecule has 0 unspecified atom stereocenters. The van der Waals surface area contributed by atoms with Gasteiger partial charge in [-0.05, 0) is 24.1 Å². The second-order valence-electron chi connectivity index (χ2n) is 5.09. The van der Waals surface area contributed by atoms with E-state index >= 15 is 0 Å². The van der Waals surface area contributed by atoms with Gasteiger partial charge >= 0.3 is 0 Å². The zero-order valence-corrected chi connectivity index (χ0v) is 13.1. The third-order valence-electron chi connectivity index (χ3n) is 3.22. The molecule has 0 aliphatic rings. The summed E-state index contributed by atoms with van der Waals surface area (Å²) in [6.45, 7) is 2.54. The molecule has 0 amide bonds. The molecule has 0 aliphatic heterocycles. The lowest BCUT2D eigenvalue weighted by molar-refractivity contribution is -0.385. The number of phenols is 1. The minimum atomic E-state index is -0.562. The predicted octanol–water partition coefficient (Wildman–Crippen LogP) is 2.78. The van der Waals surface area contributed by atoms with Gasteiger partial charge in [0.1, 0.15) is 11.5 Å². The zero-order chi connectivity index (χ0) is 17.5. The zero-order valence-electron chi connectivity index (χ0n) is 13.1. The van der Waals surface area contributed by atoms with Gasteiger partial charge < -0.3 is 14.9 Å². The van der Waals surface area contributed by atoms with Crippen LogP contribution < -0.4 is 9.84 Å². The van der Waals surface area contributed by atoms with Crippen molar-refractivity contribution in [1.82, 2.24) is 0 Å². The molecule has 0 heterocycles. The molecule has 24 heavy (non-hydrogen) atoms. The normalized spacial score (nSPS) is 10.9. The molecule has 2 aromatic rings. The van der Waals surface area contributed by atoms with E-state index in [0.29, 0.717) is 17.9 Å². The van der Waals surface area contributed by atoms with Crippen LogP contribution in [0.2, 0.25) is 0 Å². The Morgan fingerprint density at radius 2 is 2.08 bits per heavy atom. The maximum atomic E-state index is 11.7. The maximum absolute atomic E-state index is 11.7. The molecule has 0 spiro atoms. The summed E-state index contributed by atoms with van der Waals surface area (Å²) in [6, 6.07) is 8.37. The highest BCUT2D eigenvalue weighted by Gasteiger charge is 2.06. The van der Waals surface area contributed by atoms with Gasteiger partial charge in [0, 0.05) is 30.0 Å². The van der Waals surface area contributed by atoms with E-state index < -0.39 is 4.92 Å². The van der Waals surface area contributed by atoms with Crippen LogP contribution >= 0.6 is 0 Å². The molecule has 7 nitrogen and oxygen atoms in total. The van der Waals surface area contributed by atoms with E-state index in [1.165, 1.54) is 18.3 Å². The number of nitrogens with zero attached hydrogens (tertiary/aromatic N) is 2. The summed E-state index contributed by atoms with van der Waals surface area (Å²) >= 11 is 0. The number of nitro groups is 1. The predicted molar refractivity (Wildman–Crippen MR) is 87.7 cm³/mol. The Morgan fingerprint density at radius 3 is 2.75 bits per heavy atom. The minimum absolute atomic E-state index is 0.00591. The number of hydrogen-bond acceptors (Lipinski definition) is 6. The van der Waals surface area contributed by atoms with Gasteiger partial charge in [-0.15, -0.1) is 5.75 Å². The van der Waals surface area contributed by atoms with Crippen LogP contribution in [0.1, 0.15) is 24.5 Å². The molecule has 0 saturated carbocycles. The Morgan fingerprint density at radius 1 is 1.29 bits per heavy atom. The quantitative estimate of drug-likeness (QED) is 0.477. The van der Waals surface area contributed by atoms with E-state index in [0.717, 1.165) is 18.6 Å². The van der Waals surface area contributed by atoms with Gasteiger partial charge in [-0.25, -0.2) is 0 Å². The molecular formula is C17H17N2O5-. The maximum Gasteiger partial charge on any atom is 0.269 e. The number of aliphatic imine (C=N–C) groups is 1. The lowest BCUT2D eigenvalue weighted by Crippen LogP contribution is -1.98. The first-order chi connectivity index (χ1) is 11.5. The van der Waals surface area contributed by atoms with Crippen LogP contribution in [0.25, 0.3) is 0 Å². The summed E-state index contributed by atoms with van der Waals surface area (Å²) < 4.78 is 5.41. The lowest BCUT2D eigenvalue weighted by atomic mass is 10.1. The van der Waals surface area contributed by atoms with Crippen molar-refractivity contribution < 1.29 is 19.9 Å². The summed E-state index contributed by atoms with van der Waals surface area (Å²) in [4.78, 5) is 14.2. The second-order valence-corrected chi connectivity index (χ2v) is 5.09. The molecule has 126 valence electrons. The van der Waals surface area contributed by atoms with Crippen molar-refractivity contribution in [3.63, 3.8) is 0 Å². The fourth-order valence-electron chi connectivity index (χ4n) is 1.99. The van der Waals surface area contributed by atoms with E-state index in [1.807, 2.05) is 6.92 Å². The minimum Gasteiger partial charge on any atom is -0.872 e. The summed E-state index contributed by atoms with van der Waals surface area (Å²) in [5.41, 5.74) is 0.541. The fourth-order valence-corrected chi connectivity index (χ4v) is 1.99. The summed E-state index contributed by atoms with van der Waals surface area (Å²) in [5.74, 6) is 0.256. The molecule has 0 saturated heterocycles. The largest absolute Gasteiger partial charge is 0.872 e. The first-order valence-corrected chi connectivity index (χ1v) is 7.41. The van der Waals surface area contributed by atoms with Crippen molar-refractivity contribution >= 4 is 11.9 Å². The van der Waals surface area contributed by atoms with Crippen LogP contribution in [0.4, 0.5) is 5.69 Å². The Hall–Kier alpha value is -3.09. The van der Waals surface area contributed by atoms with Gasteiger partial charge in [0.25, 0.3) is 5.69 Å². The summed E-state index contributed by atoms with van der Waals surface area (Å²) in [5, 5.41) is 32.4. The highest BCUT2D eigenvalue weighted by Crippen LogP contribution is 2.24. The van der Waals surface area contributed by atoms with Crippen molar-refractivity contribution in [3.8, 4) is 17.2 Å². The topological polar surface area (TPSA) is 108 Å². The van der Waals surface area contributed by atoms with Crippen molar-refractivity contribution in [1.29, 1.82) is 0 Å². The molecule has 0 bridgehead atoms. The molecule has 2 rings (SSSR count). The number of aromatic hydroxyl groups is 1. The van der Waals surface area contributed by atoms with E-state index in [9.17, 15) is 20.3 Å². The third kappa shape index (κ3) is 4.45. The number of nitro benzene ring substituents is 1. The van der Waals surface area contributed by atoms with Gasteiger partial charge in [-0.3, -0.25) is 15.1 Å². The van der Waals surface area contributed by atoms with E-state index in [1.54, 1.807) is 12.1 Å².